The Morgan fingerprint density at radius 1 is 1.35 bits per heavy atom. The van der Waals surface area contributed by atoms with Gasteiger partial charge in [0.1, 0.15) is 0 Å². The van der Waals surface area contributed by atoms with Crippen LogP contribution in [0.5, 0.6) is 0 Å². The van der Waals surface area contributed by atoms with E-state index >= 15 is 0 Å². The minimum absolute atomic E-state index is 0.139. The number of hydrogen-bond donors (Lipinski definition) is 2. The molecule has 0 fully saturated rings. The lowest BCUT2D eigenvalue weighted by Crippen LogP contribution is -2.48. The van der Waals surface area contributed by atoms with Gasteiger partial charge in [0.05, 0.1) is 23.4 Å². The summed E-state index contributed by atoms with van der Waals surface area (Å²) in [5.41, 5.74) is 0.297. The Morgan fingerprint density at radius 2 is 1.95 bits per heavy atom. The molecule has 0 heterocycles. The minimum atomic E-state index is -0.668. The van der Waals surface area contributed by atoms with Gasteiger partial charge in [-0.25, -0.2) is 0 Å². The fraction of sp³-hybridized carbons (Fsp3) is 0.467. The predicted octanol–water partition coefficient (Wildman–Crippen LogP) is 1.56. The quantitative estimate of drug-likeness (QED) is 0.858. The van der Waals surface area contributed by atoms with Crippen LogP contribution in [0.4, 0.5) is 5.69 Å². The zero-order valence-electron chi connectivity index (χ0n) is 12.4. The lowest BCUT2D eigenvalue weighted by atomic mass is 9.99. The maximum absolute atomic E-state index is 12.4. The molecule has 0 saturated carbocycles. The summed E-state index contributed by atoms with van der Waals surface area (Å²) in [6.07, 6.45) is 0.611. The van der Waals surface area contributed by atoms with Crippen molar-refractivity contribution in [1.82, 2.24) is 5.32 Å². The Labute approximate surface area is 119 Å². The predicted molar refractivity (Wildman–Crippen MR) is 78.8 cm³/mol. The van der Waals surface area contributed by atoms with Crippen LogP contribution in [0.25, 0.3) is 0 Å². The molecule has 1 aromatic carbocycles. The summed E-state index contributed by atoms with van der Waals surface area (Å²) in [6.45, 7) is 4.98. The molecule has 1 rings (SSSR count). The molecule has 0 bridgehead atoms. The maximum atomic E-state index is 12.4. The summed E-state index contributed by atoms with van der Waals surface area (Å²) in [5.74, 6) is -0.447. The Hall–Kier alpha value is -1.88. The fourth-order valence-corrected chi connectivity index (χ4v) is 1.71. The summed E-state index contributed by atoms with van der Waals surface area (Å²) >= 11 is 0. The first-order chi connectivity index (χ1) is 9.34. The van der Waals surface area contributed by atoms with Gasteiger partial charge in [0.15, 0.2) is 0 Å². The van der Waals surface area contributed by atoms with E-state index in [0.717, 1.165) is 0 Å². The van der Waals surface area contributed by atoms with Crippen molar-refractivity contribution in [3.05, 3.63) is 29.8 Å². The molecule has 1 unspecified atom stereocenters. The van der Waals surface area contributed by atoms with Gasteiger partial charge >= 0.3 is 0 Å². The summed E-state index contributed by atoms with van der Waals surface area (Å²) in [4.78, 5) is 25.3. The standard InChI is InChI=1S/C15H22N2O3/c1-5-15(3,10-18)16-14(20)12-8-6-7-9-13(12)17(4)11(2)19/h6-9,18H,5,10H2,1-4H3,(H,16,20). The van der Waals surface area contributed by atoms with Crippen LogP contribution in [0.2, 0.25) is 0 Å². The highest BCUT2D eigenvalue weighted by molar-refractivity contribution is 6.04. The maximum Gasteiger partial charge on any atom is 0.253 e. The molecule has 5 nitrogen and oxygen atoms in total. The van der Waals surface area contributed by atoms with Crippen LogP contribution < -0.4 is 10.2 Å². The van der Waals surface area contributed by atoms with Gasteiger partial charge in [-0.05, 0) is 25.5 Å². The van der Waals surface area contributed by atoms with Crippen LogP contribution in [0, 0.1) is 0 Å². The summed E-state index contributed by atoms with van der Waals surface area (Å²) < 4.78 is 0. The zero-order valence-corrected chi connectivity index (χ0v) is 12.4. The van der Waals surface area contributed by atoms with Gasteiger partial charge in [-0.1, -0.05) is 19.1 Å². The largest absolute Gasteiger partial charge is 0.394 e. The summed E-state index contributed by atoms with van der Waals surface area (Å²) in [6, 6.07) is 6.90. The van der Waals surface area contributed by atoms with Crippen molar-refractivity contribution in [2.75, 3.05) is 18.6 Å². The second-order valence-electron chi connectivity index (χ2n) is 5.12. The highest BCUT2D eigenvalue weighted by Crippen LogP contribution is 2.20. The number of para-hydroxylation sites is 1. The molecule has 1 atom stereocenters. The van der Waals surface area contributed by atoms with E-state index in [1.165, 1.54) is 11.8 Å². The van der Waals surface area contributed by atoms with Crippen molar-refractivity contribution >= 4 is 17.5 Å². The number of hydrogen-bond acceptors (Lipinski definition) is 3. The van der Waals surface area contributed by atoms with Crippen LogP contribution in [0.3, 0.4) is 0 Å². The van der Waals surface area contributed by atoms with Crippen LogP contribution >= 0.6 is 0 Å². The Kier molecular flexibility index (Phi) is 5.27. The first-order valence-corrected chi connectivity index (χ1v) is 6.61. The van der Waals surface area contributed by atoms with Crippen LogP contribution in [0.15, 0.2) is 24.3 Å². The normalized spacial score (nSPS) is 13.4. The average molecular weight is 278 g/mol. The fourth-order valence-electron chi connectivity index (χ4n) is 1.71. The second-order valence-corrected chi connectivity index (χ2v) is 5.12. The summed E-state index contributed by atoms with van der Waals surface area (Å²) in [5, 5.41) is 12.2. The molecule has 110 valence electrons. The number of nitrogens with zero attached hydrogens (tertiary/aromatic N) is 1. The van der Waals surface area contributed by atoms with Crippen molar-refractivity contribution in [2.24, 2.45) is 0 Å². The molecule has 0 aliphatic heterocycles. The van der Waals surface area contributed by atoms with Crippen molar-refractivity contribution in [2.45, 2.75) is 32.7 Å². The molecule has 0 radical (unpaired) electrons. The number of carbonyl (C=O) groups excluding carboxylic acids is 2. The molecule has 0 aromatic heterocycles. The highest BCUT2D eigenvalue weighted by Gasteiger charge is 2.25. The lowest BCUT2D eigenvalue weighted by molar-refractivity contribution is -0.116. The second kappa shape index (κ2) is 6.52. The molecule has 0 spiro atoms. The molecule has 0 saturated heterocycles. The Morgan fingerprint density at radius 3 is 2.45 bits per heavy atom. The number of aliphatic hydroxyl groups is 1. The number of anilines is 1. The number of amides is 2. The van der Waals surface area contributed by atoms with Gasteiger partial charge in [0, 0.05) is 14.0 Å². The molecule has 0 aliphatic rings. The number of rotatable bonds is 5. The van der Waals surface area contributed by atoms with Crippen molar-refractivity contribution < 1.29 is 14.7 Å². The molecule has 5 heteroatoms. The van der Waals surface area contributed by atoms with E-state index < -0.39 is 5.54 Å². The van der Waals surface area contributed by atoms with Gasteiger partial charge in [-0.15, -0.1) is 0 Å². The summed E-state index contributed by atoms with van der Waals surface area (Å²) in [7, 11) is 1.62. The molecular weight excluding hydrogens is 256 g/mol. The number of nitrogens with one attached hydrogen (secondary N) is 1. The first-order valence-electron chi connectivity index (χ1n) is 6.61. The lowest BCUT2D eigenvalue weighted by Gasteiger charge is -2.28. The van der Waals surface area contributed by atoms with Gasteiger partial charge in [-0.2, -0.15) is 0 Å². The molecule has 20 heavy (non-hydrogen) atoms. The van der Waals surface area contributed by atoms with E-state index in [2.05, 4.69) is 5.32 Å². The van der Waals surface area contributed by atoms with Crippen LogP contribution in [0.1, 0.15) is 37.6 Å². The Bertz CT molecular complexity index is 496. The number of benzene rings is 1. The SMILES string of the molecule is CCC(C)(CO)NC(=O)c1ccccc1N(C)C(C)=O. The molecule has 2 N–H and O–H groups in total. The third-order valence-electron chi connectivity index (χ3n) is 3.53. The highest BCUT2D eigenvalue weighted by atomic mass is 16.3. The van der Waals surface area contributed by atoms with E-state index in [-0.39, 0.29) is 18.4 Å². The monoisotopic (exact) mass is 278 g/mol. The third kappa shape index (κ3) is 3.57. The number of aliphatic hydroxyl groups excluding tert-OH is 1. The Balaban J connectivity index is 3.08. The number of carbonyl (C=O) groups is 2. The average Bonchev–Trinajstić information content (AvgIpc) is 2.46. The van der Waals surface area contributed by atoms with Gasteiger partial charge in [0.2, 0.25) is 5.91 Å². The molecule has 2 amide bonds. The van der Waals surface area contributed by atoms with Gasteiger partial charge < -0.3 is 15.3 Å². The topological polar surface area (TPSA) is 69.6 Å². The van der Waals surface area contributed by atoms with Crippen molar-refractivity contribution in [3.63, 3.8) is 0 Å². The molecule has 0 aliphatic carbocycles. The van der Waals surface area contributed by atoms with E-state index in [1.807, 2.05) is 6.92 Å². The van der Waals surface area contributed by atoms with Gasteiger partial charge in [-0.3, -0.25) is 9.59 Å². The zero-order chi connectivity index (χ0) is 15.3. The van der Waals surface area contributed by atoms with Crippen molar-refractivity contribution in [1.29, 1.82) is 0 Å². The molecular formula is C15H22N2O3. The first kappa shape index (κ1) is 16.2. The van der Waals surface area contributed by atoms with E-state index in [4.69, 9.17) is 0 Å². The van der Waals surface area contributed by atoms with Gasteiger partial charge in [0.25, 0.3) is 5.91 Å². The minimum Gasteiger partial charge on any atom is -0.394 e. The molecule has 1 aromatic rings. The smallest absolute Gasteiger partial charge is 0.253 e. The van der Waals surface area contributed by atoms with Crippen LogP contribution in [-0.2, 0) is 4.79 Å². The van der Waals surface area contributed by atoms with E-state index in [0.29, 0.717) is 17.7 Å². The van der Waals surface area contributed by atoms with Crippen molar-refractivity contribution in [3.8, 4) is 0 Å². The van der Waals surface area contributed by atoms with Crippen LogP contribution in [-0.4, -0.2) is 36.1 Å². The van der Waals surface area contributed by atoms with E-state index in [9.17, 15) is 14.7 Å². The third-order valence-corrected chi connectivity index (χ3v) is 3.53. The van der Waals surface area contributed by atoms with E-state index in [1.54, 1.807) is 38.2 Å².